The highest BCUT2D eigenvalue weighted by Gasteiger charge is 2.04. The fraction of sp³-hybridized carbons (Fsp3) is 0.0833. The second-order valence-electron chi connectivity index (χ2n) is 3.31. The van der Waals surface area contributed by atoms with Gasteiger partial charge in [-0.25, -0.2) is 9.37 Å². The Morgan fingerprint density at radius 3 is 2.76 bits per heavy atom. The van der Waals surface area contributed by atoms with Crippen LogP contribution in [0.3, 0.4) is 0 Å². The van der Waals surface area contributed by atoms with Crippen LogP contribution in [0.25, 0.3) is 0 Å². The van der Waals surface area contributed by atoms with Gasteiger partial charge in [0.1, 0.15) is 23.3 Å². The Morgan fingerprint density at radius 2 is 2.00 bits per heavy atom. The first kappa shape index (κ1) is 12.1. The minimum absolute atomic E-state index is 0.142. The molecule has 0 aliphatic carbocycles. The van der Waals surface area contributed by atoms with E-state index >= 15 is 0 Å². The number of halogens is 3. The molecule has 1 heterocycles. The standard InChI is InChI=1S/C12H8Cl2FNO/c13-10-4-5-12(14)16-11(10)7-17-9-3-1-2-8(15)6-9/h1-6H,7H2. The number of pyridine rings is 1. The highest BCUT2D eigenvalue weighted by Crippen LogP contribution is 2.19. The van der Waals surface area contributed by atoms with Gasteiger partial charge in [0.25, 0.3) is 0 Å². The van der Waals surface area contributed by atoms with Crippen LogP contribution in [0.4, 0.5) is 4.39 Å². The molecule has 17 heavy (non-hydrogen) atoms. The minimum atomic E-state index is -0.354. The van der Waals surface area contributed by atoms with E-state index in [1.54, 1.807) is 24.3 Å². The summed E-state index contributed by atoms with van der Waals surface area (Å²) in [6, 6.07) is 9.09. The third-order valence-corrected chi connectivity index (χ3v) is 2.61. The Bertz CT molecular complexity index is 534. The SMILES string of the molecule is Fc1cccc(OCc2nc(Cl)ccc2Cl)c1. The molecule has 0 saturated carbocycles. The molecule has 0 aliphatic rings. The molecule has 0 N–H and O–H groups in total. The van der Waals surface area contributed by atoms with Gasteiger partial charge in [-0.3, -0.25) is 0 Å². The van der Waals surface area contributed by atoms with Crippen molar-refractivity contribution in [2.45, 2.75) is 6.61 Å². The average molecular weight is 272 g/mol. The number of rotatable bonds is 3. The average Bonchev–Trinajstić information content (AvgIpc) is 2.30. The first-order chi connectivity index (χ1) is 8.15. The van der Waals surface area contributed by atoms with E-state index in [0.29, 0.717) is 21.6 Å². The van der Waals surface area contributed by atoms with Crippen molar-refractivity contribution in [1.82, 2.24) is 4.98 Å². The fourth-order valence-corrected chi connectivity index (χ4v) is 1.59. The largest absolute Gasteiger partial charge is 0.487 e. The van der Waals surface area contributed by atoms with Crippen LogP contribution in [-0.4, -0.2) is 4.98 Å². The van der Waals surface area contributed by atoms with Crippen LogP contribution in [0.1, 0.15) is 5.69 Å². The van der Waals surface area contributed by atoms with Crippen LogP contribution in [0, 0.1) is 5.82 Å². The lowest BCUT2D eigenvalue weighted by Crippen LogP contribution is -1.99. The topological polar surface area (TPSA) is 22.1 Å². The highest BCUT2D eigenvalue weighted by atomic mass is 35.5. The van der Waals surface area contributed by atoms with Gasteiger partial charge in [0, 0.05) is 6.07 Å². The second kappa shape index (κ2) is 5.34. The number of benzene rings is 1. The molecule has 0 fully saturated rings. The Morgan fingerprint density at radius 1 is 1.18 bits per heavy atom. The third kappa shape index (κ3) is 3.32. The summed E-state index contributed by atoms with van der Waals surface area (Å²) in [6.45, 7) is 0.142. The van der Waals surface area contributed by atoms with Gasteiger partial charge >= 0.3 is 0 Å². The second-order valence-corrected chi connectivity index (χ2v) is 4.10. The lowest BCUT2D eigenvalue weighted by Gasteiger charge is -2.07. The molecule has 0 spiro atoms. The van der Waals surface area contributed by atoms with Gasteiger partial charge in [0.15, 0.2) is 0 Å². The summed E-state index contributed by atoms with van der Waals surface area (Å²) in [5.41, 5.74) is 0.517. The van der Waals surface area contributed by atoms with Crippen molar-refractivity contribution in [2.24, 2.45) is 0 Å². The normalized spacial score (nSPS) is 10.3. The molecule has 0 aliphatic heterocycles. The molecule has 2 nitrogen and oxygen atoms in total. The Kier molecular flexibility index (Phi) is 3.82. The van der Waals surface area contributed by atoms with Gasteiger partial charge in [-0.15, -0.1) is 0 Å². The van der Waals surface area contributed by atoms with Crippen molar-refractivity contribution in [3.8, 4) is 5.75 Å². The zero-order valence-corrected chi connectivity index (χ0v) is 10.2. The maximum absolute atomic E-state index is 12.9. The summed E-state index contributed by atoms with van der Waals surface area (Å²) in [5, 5.41) is 0.804. The lowest BCUT2D eigenvalue weighted by atomic mass is 10.3. The number of hydrogen-bond acceptors (Lipinski definition) is 2. The lowest BCUT2D eigenvalue weighted by molar-refractivity contribution is 0.300. The summed E-state index contributed by atoms with van der Waals surface area (Å²) in [5.74, 6) is 0.0653. The maximum Gasteiger partial charge on any atom is 0.132 e. The van der Waals surface area contributed by atoms with Crippen molar-refractivity contribution in [2.75, 3.05) is 0 Å². The van der Waals surface area contributed by atoms with Crippen LogP contribution in [0.15, 0.2) is 36.4 Å². The monoisotopic (exact) mass is 271 g/mol. The van der Waals surface area contributed by atoms with Gasteiger partial charge in [-0.1, -0.05) is 29.3 Å². The Hall–Kier alpha value is -1.32. The molecular weight excluding hydrogens is 264 g/mol. The predicted octanol–water partition coefficient (Wildman–Crippen LogP) is 4.11. The van der Waals surface area contributed by atoms with Gasteiger partial charge in [0.2, 0.25) is 0 Å². The first-order valence-corrected chi connectivity index (χ1v) is 5.60. The molecule has 0 saturated heterocycles. The molecule has 0 radical (unpaired) electrons. The van der Waals surface area contributed by atoms with E-state index in [1.165, 1.54) is 12.1 Å². The van der Waals surface area contributed by atoms with Gasteiger partial charge in [0.05, 0.1) is 10.7 Å². The summed E-state index contributed by atoms with van der Waals surface area (Å²) in [7, 11) is 0. The molecule has 1 aromatic carbocycles. The molecule has 0 unspecified atom stereocenters. The summed E-state index contributed by atoms with van der Waals surface area (Å²) in [4.78, 5) is 4.02. The number of nitrogens with zero attached hydrogens (tertiary/aromatic N) is 1. The van der Waals surface area contributed by atoms with Gasteiger partial charge in [-0.2, -0.15) is 0 Å². The smallest absolute Gasteiger partial charge is 0.132 e. The van der Waals surface area contributed by atoms with Crippen LogP contribution in [0.5, 0.6) is 5.75 Å². The molecule has 1 aromatic heterocycles. The summed E-state index contributed by atoms with van der Waals surface area (Å²) < 4.78 is 18.3. The number of hydrogen-bond donors (Lipinski definition) is 0. The van der Waals surface area contributed by atoms with Crippen LogP contribution in [-0.2, 0) is 6.61 Å². The molecule has 2 rings (SSSR count). The van der Waals surface area contributed by atoms with Gasteiger partial charge < -0.3 is 4.74 Å². The van der Waals surface area contributed by atoms with E-state index in [9.17, 15) is 4.39 Å². The van der Waals surface area contributed by atoms with Crippen molar-refractivity contribution in [1.29, 1.82) is 0 Å². The van der Waals surface area contributed by atoms with Crippen LogP contribution < -0.4 is 4.74 Å². The third-order valence-electron chi connectivity index (χ3n) is 2.06. The summed E-state index contributed by atoms with van der Waals surface area (Å²) >= 11 is 11.7. The van der Waals surface area contributed by atoms with Crippen LogP contribution >= 0.6 is 23.2 Å². The highest BCUT2D eigenvalue weighted by molar-refractivity contribution is 6.32. The molecule has 0 atom stereocenters. The molecule has 2 aromatic rings. The van der Waals surface area contributed by atoms with E-state index in [2.05, 4.69) is 4.98 Å². The summed E-state index contributed by atoms with van der Waals surface area (Å²) in [6.07, 6.45) is 0. The molecule has 0 bridgehead atoms. The first-order valence-electron chi connectivity index (χ1n) is 4.84. The van der Waals surface area contributed by atoms with Crippen molar-refractivity contribution < 1.29 is 9.13 Å². The Labute approximate surface area is 108 Å². The number of aromatic nitrogens is 1. The maximum atomic E-state index is 12.9. The van der Waals surface area contributed by atoms with Crippen molar-refractivity contribution >= 4 is 23.2 Å². The van der Waals surface area contributed by atoms with Gasteiger partial charge in [-0.05, 0) is 24.3 Å². The van der Waals surface area contributed by atoms with E-state index in [1.807, 2.05) is 0 Å². The molecule has 5 heteroatoms. The molecular formula is C12H8Cl2FNO. The zero-order chi connectivity index (χ0) is 12.3. The van der Waals surface area contributed by atoms with Crippen molar-refractivity contribution in [3.05, 3.63) is 58.1 Å². The van der Waals surface area contributed by atoms with E-state index in [0.717, 1.165) is 0 Å². The van der Waals surface area contributed by atoms with E-state index in [-0.39, 0.29) is 12.4 Å². The zero-order valence-electron chi connectivity index (χ0n) is 8.66. The molecule has 88 valence electrons. The van der Waals surface area contributed by atoms with Crippen LogP contribution in [0.2, 0.25) is 10.2 Å². The van der Waals surface area contributed by atoms with Crippen molar-refractivity contribution in [3.63, 3.8) is 0 Å². The van der Waals surface area contributed by atoms with E-state index in [4.69, 9.17) is 27.9 Å². The molecule has 0 amide bonds. The minimum Gasteiger partial charge on any atom is -0.487 e. The Balaban J connectivity index is 2.09. The fourth-order valence-electron chi connectivity index (χ4n) is 1.27. The quantitative estimate of drug-likeness (QED) is 0.784. The predicted molar refractivity (Wildman–Crippen MR) is 65.0 cm³/mol. The van der Waals surface area contributed by atoms with E-state index < -0.39 is 0 Å². The number of ether oxygens (including phenoxy) is 1.